The third-order valence-corrected chi connectivity index (χ3v) is 5.62. The molecule has 0 fully saturated rings. The Morgan fingerprint density at radius 1 is 0.882 bits per heavy atom. The lowest BCUT2D eigenvalue weighted by atomic mass is 10.1. The van der Waals surface area contributed by atoms with Crippen LogP contribution in [0.2, 0.25) is 0 Å². The summed E-state index contributed by atoms with van der Waals surface area (Å²) in [6, 6.07) is 23.4. The van der Waals surface area contributed by atoms with Crippen molar-refractivity contribution in [3.05, 3.63) is 89.2 Å². The van der Waals surface area contributed by atoms with E-state index in [4.69, 9.17) is 14.5 Å². The lowest BCUT2D eigenvalue weighted by molar-refractivity contribution is -0.116. The predicted molar refractivity (Wildman–Crippen MR) is 131 cm³/mol. The van der Waals surface area contributed by atoms with Gasteiger partial charge in [-0.1, -0.05) is 12.1 Å². The van der Waals surface area contributed by atoms with E-state index >= 15 is 0 Å². The van der Waals surface area contributed by atoms with E-state index in [1.165, 1.54) is 10.5 Å². The Balaban J connectivity index is 1.58. The predicted octanol–water partition coefficient (Wildman–Crippen LogP) is 3.97. The van der Waals surface area contributed by atoms with Crippen LogP contribution in [0.4, 0.5) is 5.69 Å². The molecule has 8 nitrogen and oxygen atoms in total. The summed E-state index contributed by atoms with van der Waals surface area (Å²) in [6.45, 7) is -0.0124. The monoisotopic (exact) mass is 454 g/mol. The van der Waals surface area contributed by atoms with Gasteiger partial charge in [-0.2, -0.15) is 0 Å². The molecule has 0 spiro atoms. The fourth-order valence-corrected chi connectivity index (χ4v) is 3.95. The zero-order valence-corrected chi connectivity index (χ0v) is 18.7. The van der Waals surface area contributed by atoms with Crippen LogP contribution in [0.15, 0.2) is 83.7 Å². The Hall–Kier alpha value is -4.59. The van der Waals surface area contributed by atoms with Gasteiger partial charge in [0.05, 0.1) is 30.9 Å². The number of carbonyl (C=O) groups is 1. The first-order chi connectivity index (χ1) is 16.6. The molecule has 34 heavy (non-hydrogen) atoms. The Kier molecular flexibility index (Phi) is 5.47. The van der Waals surface area contributed by atoms with Gasteiger partial charge in [0.2, 0.25) is 11.7 Å². The van der Waals surface area contributed by atoms with Gasteiger partial charge in [-0.3, -0.25) is 9.59 Å². The quantitative estimate of drug-likeness (QED) is 0.420. The van der Waals surface area contributed by atoms with Crippen molar-refractivity contribution in [1.82, 2.24) is 14.0 Å². The minimum absolute atomic E-state index is 0.0124. The molecule has 0 saturated heterocycles. The number of hydrogen-bond donors (Lipinski definition) is 1. The topological polar surface area (TPSA) is 86.9 Å². The van der Waals surface area contributed by atoms with Crippen molar-refractivity contribution in [2.24, 2.45) is 0 Å². The van der Waals surface area contributed by atoms with E-state index < -0.39 is 0 Å². The van der Waals surface area contributed by atoms with Crippen LogP contribution in [0.5, 0.6) is 11.5 Å². The number of hydrogen-bond acceptors (Lipinski definition) is 5. The van der Waals surface area contributed by atoms with Crippen molar-refractivity contribution in [3.8, 4) is 22.8 Å². The molecule has 0 saturated carbocycles. The highest BCUT2D eigenvalue weighted by molar-refractivity contribution is 5.92. The van der Waals surface area contributed by atoms with Crippen LogP contribution in [-0.4, -0.2) is 34.1 Å². The van der Waals surface area contributed by atoms with Gasteiger partial charge in [0, 0.05) is 17.3 Å². The van der Waals surface area contributed by atoms with Crippen molar-refractivity contribution in [2.45, 2.75) is 6.54 Å². The second-order valence-electron chi connectivity index (χ2n) is 7.70. The highest BCUT2D eigenvalue weighted by Crippen LogP contribution is 2.24. The summed E-state index contributed by atoms with van der Waals surface area (Å²) in [5.41, 5.74) is 3.15. The molecule has 1 amide bonds. The van der Waals surface area contributed by atoms with Gasteiger partial charge in [0.1, 0.15) is 18.0 Å². The van der Waals surface area contributed by atoms with Crippen LogP contribution in [0.25, 0.3) is 28.1 Å². The van der Waals surface area contributed by atoms with Crippen molar-refractivity contribution in [3.63, 3.8) is 0 Å². The van der Waals surface area contributed by atoms with Crippen molar-refractivity contribution < 1.29 is 14.3 Å². The molecule has 0 unspecified atom stereocenters. The zero-order valence-electron chi connectivity index (χ0n) is 18.7. The van der Waals surface area contributed by atoms with E-state index in [-0.39, 0.29) is 18.0 Å². The van der Waals surface area contributed by atoms with Gasteiger partial charge < -0.3 is 19.4 Å². The largest absolute Gasteiger partial charge is 0.497 e. The van der Waals surface area contributed by atoms with E-state index in [1.54, 1.807) is 43.1 Å². The SMILES string of the molecule is COc1ccc(NC(=O)Cn2c3ccccc3n3c(=O)cc(-c4ccc(OC)cc4)nc23)cc1. The number of nitrogens with zero attached hydrogens (tertiary/aromatic N) is 3. The number of carbonyl (C=O) groups excluding carboxylic acids is 1. The molecule has 3 aromatic carbocycles. The van der Waals surface area contributed by atoms with E-state index in [2.05, 4.69) is 5.32 Å². The standard InChI is InChI=1S/C26H22N4O4/c1-33-19-11-7-17(8-12-19)21-15-25(32)30-23-6-4-3-5-22(23)29(26(30)28-21)16-24(31)27-18-9-13-20(34-2)14-10-18/h3-15H,16H2,1-2H3,(H,27,31). The molecule has 0 aliphatic heterocycles. The third kappa shape index (κ3) is 3.86. The number of benzene rings is 3. The molecule has 8 heteroatoms. The number of imidazole rings is 1. The molecule has 5 aromatic rings. The first-order valence-corrected chi connectivity index (χ1v) is 10.7. The maximum absolute atomic E-state index is 13.1. The molecule has 0 aliphatic rings. The second kappa shape index (κ2) is 8.74. The first-order valence-electron chi connectivity index (χ1n) is 10.7. The molecule has 2 aromatic heterocycles. The Morgan fingerprint density at radius 2 is 1.50 bits per heavy atom. The van der Waals surface area contributed by atoms with Crippen LogP contribution in [0.1, 0.15) is 0 Å². The van der Waals surface area contributed by atoms with Crippen LogP contribution in [0.3, 0.4) is 0 Å². The van der Waals surface area contributed by atoms with Gasteiger partial charge >= 0.3 is 0 Å². The maximum Gasteiger partial charge on any atom is 0.260 e. The number of rotatable bonds is 6. The van der Waals surface area contributed by atoms with Crippen molar-refractivity contribution in [2.75, 3.05) is 19.5 Å². The molecule has 0 bridgehead atoms. The second-order valence-corrected chi connectivity index (χ2v) is 7.70. The van der Waals surface area contributed by atoms with Gasteiger partial charge in [0.15, 0.2) is 0 Å². The number of amides is 1. The first kappa shape index (κ1) is 21.3. The molecule has 0 aliphatic carbocycles. The van der Waals surface area contributed by atoms with Crippen LogP contribution in [0, 0.1) is 0 Å². The normalized spacial score (nSPS) is 11.0. The van der Waals surface area contributed by atoms with Crippen LogP contribution < -0.4 is 20.3 Å². The van der Waals surface area contributed by atoms with Gasteiger partial charge in [0.25, 0.3) is 5.56 Å². The van der Waals surface area contributed by atoms with Gasteiger partial charge in [-0.05, 0) is 60.7 Å². The van der Waals surface area contributed by atoms with Crippen molar-refractivity contribution in [1.29, 1.82) is 0 Å². The zero-order chi connectivity index (χ0) is 23.7. The molecular weight excluding hydrogens is 432 g/mol. The molecule has 0 radical (unpaired) electrons. The van der Waals surface area contributed by atoms with E-state index in [1.807, 2.05) is 48.5 Å². The summed E-state index contributed by atoms with van der Waals surface area (Å²) in [6.07, 6.45) is 0. The summed E-state index contributed by atoms with van der Waals surface area (Å²) in [5, 5.41) is 2.89. The number of fused-ring (bicyclic) bond motifs is 3. The number of anilines is 1. The number of ether oxygens (including phenoxy) is 2. The molecule has 170 valence electrons. The average Bonchev–Trinajstić information content (AvgIpc) is 3.18. The minimum Gasteiger partial charge on any atom is -0.497 e. The maximum atomic E-state index is 13.1. The van der Waals surface area contributed by atoms with Gasteiger partial charge in [-0.25, -0.2) is 9.38 Å². The Bertz CT molecular complexity index is 1550. The number of para-hydroxylation sites is 2. The minimum atomic E-state index is -0.238. The summed E-state index contributed by atoms with van der Waals surface area (Å²) in [5.74, 6) is 1.57. The molecule has 1 N–H and O–H groups in total. The fourth-order valence-electron chi connectivity index (χ4n) is 3.95. The third-order valence-electron chi connectivity index (χ3n) is 5.62. The van der Waals surface area contributed by atoms with Crippen molar-refractivity contribution >= 4 is 28.4 Å². The van der Waals surface area contributed by atoms with E-state index in [0.717, 1.165) is 11.1 Å². The summed E-state index contributed by atoms with van der Waals surface area (Å²) < 4.78 is 13.7. The number of aromatic nitrogens is 3. The highest BCUT2D eigenvalue weighted by Gasteiger charge is 2.17. The summed E-state index contributed by atoms with van der Waals surface area (Å²) in [4.78, 5) is 30.8. The molecule has 5 rings (SSSR count). The molecule has 0 atom stereocenters. The molecule has 2 heterocycles. The fraction of sp³-hybridized carbons (Fsp3) is 0.115. The van der Waals surface area contributed by atoms with E-state index in [0.29, 0.717) is 34.2 Å². The van der Waals surface area contributed by atoms with E-state index in [9.17, 15) is 9.59 Å². The number of nitrogens with one attached hydrogen (secondary N) is 1. The molecular formula is C26H22N4O4. The lowest BCUT2D eigenvalue weighted by Gasteiger charge is -2.09. The smallest absolute Gasteiger partial charge is 0.260 e. The van der Waals surface area contributed by atoms with Crippen LogP contribution in [-0.2, 0) is 11.3 Å². The number of methoxy groups -OCH3 is 2. The van der Waals surface area contributed by atoms with Crippen LogP contribution >= 0.6 is 0 Å². The summed E-state index contributed by atoms with van der Waals surface area (Å²) >= 11 is 0. The Labute approximate surface area is 195 Å². The lowest BCUT2D eigenvalue weighted by Crippen LogP contribution is -2.20. The van der Waals surface area contributed by atoms with Gasteiger partial charge in [-0.15, -0.1) is 0 Å². The Morgan fingerprint density at radius 3 is 2.15 bits per heavy atom. The summed E-state index contributed by atoms with van der Waals surface area (Å²) in [7, 11) is 3.19. The highest BCUT2D eigenvalue weighted by atomic mass is 16.5. The average molecular weight is 454 g/mol.